The fraction of sp³-hybridized carbons (Fsp3) is 0.286. The van der Waals surface area contributed by atoms with Gasteiger partial charge < -0.3 is 14.8 Å². The van der Waals surface area contributed by atoms with Crippen molar-refractivity contribution in [2.75, 3.05) is 13.7 Å². The van der Waals surface area contributed by atoms with Gasteiger partial charge in [-0.2, -0.15) is 9.36 Å². The molecule has 0 saturated heterocycles. The van der Waals surface area contributed by atoms with Crippen LogP contribution in [-0.2, 0) is 6.42 Å². The van der Waals surface area contributed by atoms with Crippen LogP contribution in [0.4, 0.5) is 4.39 Å². The first kappa shape index (κ1) is 20.7. The molecule has 0 atom stereocenters. The Hall–Kier alpha value is -3.00. The number of nitrogens with zero attached hydrogens (tertiary/aromatic N) is 2. The van der Waals surface area contributed by atoms with Crippen LogP contribution in [0.15, 0.2) is 42.5 Å². The second-order valence-corrected chi connectivity index (χ2v) is 7.07. The molecule has 1 heterocycles. The molecule has 0 radical (unpaired) electrons. The summed E-state index contributed by atoms with van der Waals surface area (Å²) in [5.74, 6) is 1.03. The van der Waals surface area contributed by atoms with Crippen LogP contribution in [0.3, 0.4) is 0 Å². The molecule has 0 aliphatic carbocycles. The van der Waals surface area contributed by atoms with Crippen LogP contribution in [0.25, 0.3) is 0 Å². The third-order valence-electron chi connectivity index (χ3n) is 4.16. The van der Waals surface area contributed by atoms with E-state index in [1.807, 2.05) is 0 Å². The molecule has 2 aromatic carbocycles. The lowest BCUT2D eigenvalue weighted by molar-refractivity contribution is 0.0953. The average Bonchev–Trinajstić information content (AvgIpc) is 3.17. The number of hydrogen-bond donors (Lipinski definition) is 1. The standard InChI is InChI=1S/C21H22FN3O3S/c1-3-4-11-23-20(26)15-7-10-17(18(13-15)27-2)28-21-24-19(25-29-21)12-14-5-8-16(22)9-6-14/h5-10,13H,3-4,11-12H2,1-2H3,(H,23,26). The second-order valence-electron chi connectivity index (χ2n) is 6.36. The van der Waals surface area contributed by atoms with Gasteiger partial charge in [0.1, 0.15) is 5.82 Å². The molecule has 3 rings (SSSR count). The Bertz CT molecular complexity index is 960. The topological polar surface area (TPSA) is 73.3 Å². The van der Waals surface area contributed by atoms with Crippen LogP contribution in [0.2, 0.25) is 0 Å². The lowest BCUT2D eigenvalue weighted by Crippen LogP contribution is -2.24. The molecule has 1 amide bonds. The number of amides is 1. The van der Waals surface area contributed by atoms with Crippen molar-refractivity contribution >= 4 is 17.4 Å². The molecule has 6 nitrogen and oxygen atoms in total. The van der Waals surface area contributed by atoms with Crippen LogP contribution in [0, 0.1) is 5.82 Å². The zero-order chi connectivity index (χ0) is 20.6. The molecular weight excluding hydrogens is 393 g/mol. The maximum Gasteiger partial charge on any atom is 0.298 e. The molecule has 0 aliphatic heterocycles. The van der Waals surface area contributed by atoms with E-state index in [-0.39, 0.29) is 11.7 Å². The number of carbonyl (C=O) groups is 1. The fourth-order valence-corrected chi connectivity index (χ4v) is 3.17. The van der Waals surface area contributed by atoms with Gasteiger partial charge in [0.05, 0.1) is 7.11 Å². The number of halogens is 1. The second kappa shape index (κ2) is 9.97. The lowest BCUT2D eigenvalue weighted by Gasteiger charge is -2.10. The van der Waals surface area contributed by atoms with E-state index in [1.54, 1.807) is 30.3 Å². The Kier molecular flexibility index (Phi) is 7.13. The van der Waals surface area contributed by atoms with Crippen LogP contribution < -0.4 is 14.8 Å². The summed E-state index contributed by atoms with van der Waals surface area (Å²) in [5, 5.41) is 3.23. The summed E-state index contributed by atoms with van der Waals surface area (Å²) >= 11 is 1.12. The van der Waals surface area contributed by atoms with Gasteiger partial charge in [0, 0.05) is 30.1 Å². The van der Waals surface area contributed by atoms with Crippen molar-refractivity contribution in [2.45, 2.75) is 26.2 Å². The van der Waals surface area contributed by atoms with Crippen LogP contribution >= 0.6 is 11.5 Å². The molecule has 3 aromatic rings. The van der Waals surface area contributed by atoms with Gasteiger partial charge in [-0.15, -0.1) is 0 Å². The molecule has 1 aromatic heterocycles. The molecule has 0 unspecified atom stereocenters. The Morgan fingerprint density at radius 2 is 1.97 bits per heavy atom. The predicted octanol–water partition coefficient (Wildman–Crippen LogP) is 4.60. The quantitative estimate of drug-likeness (QED) is 0.517. The largest absolute Gasteiger partial charge is 0.493 e. The van der Waals surface area contributed by atoms with Gasteiger partial charge in [-0.05, 0) is 42.3 Å². The summed E-state index contributed by atoms with van der Waals surface area (Å²) in [5.41, 5.74) is 1.41. The van der Waals surface area contributed by atoms with E-state index in [0.29, 0.717) is 41.0 Å². The van der Waals surface area contributed by atoms with Gasteiger partial charge in [-0.25, -0.2) is 4.39 Å². The number of ether oxygens (including phenoxy) is 2. The van der Waals surface area contributed by atoms with E-state index in [1.165, 1.54) is 19.2 Å². The molecule has 8 heteroatoms. The lowest BCUT2D eigenvalue weighted by atomic mass is 10.1. The molecule has 0 aliphatic rings. The highest BCUT2D eigenvalue weighted by molar-refractivity contribution is 7.07. The number of methoxy groups -OCH3 is 1. The summed E-state index contributed by atoms with van der Waals surface area (Å²) in [7, 11) is 1.51. The van der Waals surface area contributed by atoms with Gasteiger partial charge >= 0.3 is 0 Å². The Morgan fingerprint density at radius 1 is 1.17 bits per heavy atom. The highest BCUT2D eigenvalue weighted by atomic mass is 32.1. The van der Waals surface area contributed by atoms with E-state index in [9.17, 15) is 9.18 Å². The molecule has 1 N–H and O–H groups in total. The minimum absolute atomic E-state index is 0.152. The van der Waals surface area contributed by atoms with E-state index >= 15 is 0 Å². The Balaban J connectivity index is 1.67. The summed E-state index contributed by atoms with van der Waals surface area (Å²) in [6.45, 7) is 2.71. The maximum absolute atomic E-state index is 13.0. The first-order chi connectivity index (χ1) is 14.1. The van der Waals surface area contributed by atoms with E-state index in [2.05, 4.69) is 21.6 Å². The molecule has 0 spiro atoms. The Morgan fingerprint density at radius 3 is 2.69 bits per heavy atom. The number of unbranched alkanes of at least 4 members (excludes halogenated alkanes) is 1. The first-order valence-electron chi connectivity index (χ1n) is 9.30. The third kappa shape index (κ3) is 5.74. The number of carbonyl (C=O) groups excluding carboxylic acids is 1. The van der Waals surface area contributed by atoms with Gasteiger partial charge in [0.2, 0.25) is 0 Å². The van der Waals surface area contributed by atoms with Crippen molar-refractivity contribution in [1.82, 2.24) is 14.7 Å². The van der Waals surface area contributed by atoms with E-state index in [4.69, 9.17) is 9.47 Å². The van der Waals surface area contributed by atoms with Gasteiger partial charge in [-0.1, -0.05) is 25.5 Å². The van der Waals surface area contributed by atoms with Crippen molar-refractivity contribution in [1.29, 1.82) is 0 Å². The summed E-state index contributed by atoms with van der Waals surface area (Å²) < 4.78 is 28.5. The van der Waals surface area contributed by atoms with Crippen molar-refractivity contribution in [3.63, 3.8) is 0 Å². The smallest absolute Gasteiger partial charge is 0.298 e. The number of nitrogens with one attached hydrogen (secondary N) is 1. The summed E-state index contributed by atoms with van der Waals surface area (Å²) in [6.07, 6.45) is 2.43. The fourth-order valence-electron chi connectivity index (χ4n) is 2.60. The van der Waals surface area contributed by atoms with Gasteiger partial charge in [0.25, 0.3) is 11.1 Å². The molecule has 29 heavy (non-hydrogen) atoms. The van der Waals surface area contributed by atoms with Gasteiger partial charge in [-0.3, -0.25) is 4.79 Å². The van der Waals surface area contributed by atoms with Crippen molar-refractivity contribution < 1.29 is 18.7 Å². The first-order valence-corrected chi connectivity index (χ1v) is 10.1. The normalized spacial score (nSPS) is 10.6. The number of aromatic nitrogens is 2. The average molecular weight is 415 g/mol. The van der Waals surface area contributed by atoms with Gasteiger partial charge in [0.15, 0.2) is 17.3 Å². The van der Waals surface area contributed by atoms with E-state index < -0.39 is 0 Å². The van der Waals surface area contributed by atoms with Crippen LogP contribution in [0.1, 0.15) is 41.5 Å². The molecule has 0 saturated carbocycles. The number of rotatable bonds is 9. The molecular formula is C21H22FN3O3S. The van der Waals surface area contributed by atoms with Crippen molar-refractivity contribution in [3.8, 4) is 16.7 Å². The Labute approximate surface area is 172 Å². The summed E-state index contributed by atoms with van der Waals surface area (Å²) in [4.78, 5) is 16.6. The molecule has 0 bridgehead atoms. The van der Waals surface area contributed by atoms with Crippen LogP contribution in [0.5, 0.6) is 16.7 Å². The van der Waals surface area contributed by atoms with Crippen LogP contribution in [-0.4, -0.2) is 28.9 Å². The zero-order valence-corrected chi connectivity index (χ0v) is 17.1. The molecule has 0 fully saturated rings. The molecule has 152 valence electrons. The predicted molar refractivity (Wildman–Crippen MR) is 109 cm³/mol. The number of hydrogen-bond acceptors (Lipinski definition) is 6. The highest BCUT2D eigenvalue weighted by Gasteiger charge is 2.14. The summed E-state index contributed by atoms with van der Waals surface area (Å²) in [6, 6.07) is 11.2. The van der Waals surface area contributed by atoms with Crippen molar-refractivity contribution in [3.05, 3.63) is 65.2 Å². The van der Waals surface area contributed by atoms with E-state index in [0.717, 1.165) is 29.9 Å². The minimum atomic E-state index is -0.279. The third-order valence-corrected chi connectivity index (χ3v) is 4.80. The number of benzene rings is 2. The van der Waals surface area contributed by atoms with Crippen molar-refractivity contribution in [2.24, 2.45) is 0 Å². The maximum atomic E-state index is 13.0. The highest BCUT2D eigenvalue weighted by Crippen LogP contribution is 2.33. The SMILES string of the molecule is CCCCNC(=O)c1ccc(Oc2nc(Cc3ccc(F)cc3)ns2)c(OC)c1. The minimum Gasteiger partial charge on any atom is -0.493 e. The monoisotopic (exact) mass is 415 g/mol. The zero-order valence-electron chi connectivity index (χ0n) is 16.3.